The summed E-state index contributed by atoms with van der Waals surface area (Å²) in [5.41, 5.74) is 0.354. The number of halogens is 3. The van der Waals surface area contributed by atoms with Crippen molar-refractivity contribution in [3.05, 3.63) is 77.0 Å². The summed E-state index contributed by atoms with van der Waals surface area (Å²) in [4.78, 5) is 20.3. The predicted octanol–water partition coefficient (Wildman–Crippen LogP) is 3.92. The molecule has 1 aliphatic heterocycles. The van der Waals surface area contributed by atoms with Crippen LogP contribution in [0, 0.1) is 0 Å². The van der Waals surface area contributed by atoms with Gasteiger partial charge in [-0.1, -0.05) is 24.3 Å². The lowest BCUT2D eigenvalue weighted by molar-refractivity contribution is -0.138. The molecule has 4 rings (SSSR count). The number of rotatable bonds is 10. The van der Waals surface area contributed by atoms with Crippen molar-refractivity contribution >= 4 is 5.91 Å². The molecule has 0 spiro atoms. The largest absolute Gasteiger partial charge is 0.454 e. The van der Waals surface area contributed by atoms with E-state index in [0.29, 0.717) is 24.6 Å². The number of nitrogens with one attached hydrogen (secondary N) is 1. The normalized spacial score (nSPS) is 13.0. The number of aromatic nitrogens is 1. The van der Waals surface area contributed by atoms with Crippen molar-refractivity contribution in [2.75, 3.05) is 34.0 Å². The lowest BCUT2D eigenvalue weighted by Crippen LogP contribution is -2.31. The van der Waals surface area contributed by atoms with Crippen LogP contribution in [0.5, 0.6) is 11.5 Å². The van der Waals surface area contributed by atoms with E-state index in [4.69, 9.17) is 13.9 Å². The van der Waals surface area contributed by atoms with Crippen molar-refractivity contribution in [1.29, 1.82) is 0 Å². The number of amides is 1. The van der Waals surface area contributed by atoms with Crippen LogP contribution in [0.1, 0.15) is 33.1 Å². The van der Waals surface area contributed by atoms with Crippen molar-refractivity contribution in [2.45, 2.75) is 25.8 Å². The van der Waals surface area contributed by atoms with E-state index in [0.717, 1.165) is 11.6 Å². The average molecular weight is 505 g/mol. The molecule has 2 heterocycles. The van der Waals surface area contributed by atoms with Crippen LogP contribution < -0.4 is 14.8 Å². The van der Waals surface area contributed by atoms with Crippen LogP contribution in [-0.2, 0) is 25.8 Å². The lowest BCUT2D eigenvalue weighted by atomic mass is 10.1. The summed E-state index contributed by atoms with van der Waals surface area (Å²) in [6.07, 6.45) is -3.23. The molecule has 0 bridgehead atoms. The van der Waals surface area contributed by atoms with Crippen LogP contribution in [0.2, 0.25) is 0 Å². The van der Waals surface area contributed by atoms with Crippen LogP contribution in [0.3, 0.4) is 0 Å². The third-order valence-electron chi connectivity index (χ3n) is 5.55. The van der Waals surface area contributed by atoms with Gasteiger partial charge in [0.05, 0.1) is 12.1 Å². The maximum atomic E-state index is 13.6. The highest BCUT2D eigenvalue weighted by Gasteiger charge is 2.33. The summed E-state index contributed by atoms with van der Waals surface area (Å²) in [7, 11) is 3.79. The third-order valence-corrected chi connectivity index (χ3v) is 5.55. The molecule has 0 saturated heterocycles. The second-order valence-corrected chi connectivity index (χ2v) is 8.67. The van der Waals surface area contributed by atoms with Gasteiger partial charge in [-0.25, -0.2) is 4.98 Å². The molecule has 8 nitrogen and oxygen atoms in total. The maximum absolute atomic E-state index is 13.6. The van der Waals surface area contributed by atoms with Gasteiger partial charge in [0.1, 0.15) is 6.26 Å². The van der Waals surface area contributed by atoms with Crippen molar-refractivity contribution in [1.82, 2.24) is 20.1 Å². The Bertz CT molecular complexity index is 1200. The Morgan fingerprint density at radius 2 is 1.83 bits per heavy atom. The Hall–Kier alpha value is -3.57. The molecule has 3 aromatic rings. The average Bonchev–Trinajstić information content (AvgIpc) is 3.47. The van der Waals surface area contributed by atoms with Crippen molar-refractivity contribution in [3.63, 3.8) is 0 Å². The highest BCUT2D eigenvalue weighted by atomic mass is 19.4. The van der Waals surface area contributed by atoms with Gasteiger partial charge in [-0.15, -0.1) is 0 Å². The number of benzene rings is 2. The van der Waals surface area contributed by atoms with E-state index < -0.39 is 11.7 Å². The van der Waals surface area contributed by atoms with Gasteiger partial charge >= 0.3 is 6.18 Å². The van der Waals surface area contributed by atoms with Gasteiger partial charge in [0.2, 0.25) is 12.7 Å². The Labute approximate surface area is 206 Å². The first-order valence-corrected chi connectivity index (χ1v) is 11.3. The molecule has 0 atom stereocenters. The van der Waals surface area contributed by atoms with E-state index in [-0.39, 0.29) is 49.5 Å². The van der Waals surface area contributed by atoms with Crippen molar-refractivity contribution in [3.8, 4) is 11.5 Å². The molecule has 1 amide bonds. The van der Waals surface area contributed by atoms with Gasteiger partial charge < -0.3 is 24.1 Å². The number of ether oxygens (including phenoxy) is 2. The molecule has 11 heteroatoms. The van der Waals surface area contributed by atoms with Gasteiger partial charge in [-0.3, -0.25) is 9.69 Å². The fraction of sp³-hybridized carbons (Fsp3) is 0.360. The number of nitrogens with zero attached hydrogens (tertiary/aromatic N) is 3. The molecule has 192 valence electrons. The van der Waals surface area contributed by atoms with Crippen LogP contribution in [0.4, 0.5) is 13.2 Å². The second kappa shape index (κ2) is 11.0. The fourth-order valence-electron chi connectivity index (χ4n) is 3.80. The minimum absolute atomic E-state index is 0.0170. The first kappa shape index (κ1) is 25.5. The van der Waals surface area contributed by atoms with E-state index >= 15 is 0 Å². The van der Waals surface area contributed by atoms with Gasteiger partial charge in [0.15, 0.2) is 17.2 Å². The summed E-state index contributed by atoms with van der Waals surface area (Å²) >= 11 is 0. The number of alkyl halides is 3. The van der Waals surface area contributed by atoms with Crippen molar-refractivity contribution in [2.24, 2.45) is 0 Å². The van der Waals surface area contributed by atoms with E-state index in [1.54, 1.807) is 23.1 Å². The molecule has 0 aliphatic carbocycles. The highest BCUT2D eigenvalue weighted by Crippen LogP contribution is 2.34. The molecular weight excluding hydrogens is 477 g/mol. The number of carbonyl (C=O) groups is 1. The fourth-order valence-corrected chi connectivity index (χ4v) is 3.80. The third kappa shape index (κ3) is 6.55. The minimum atomic E-state index is -4.48. The summed E-state index contributed by atoms with van der Waals surface area (Å²) in [5.74, 6) is 1.04. The molecule has 1 aromatic heterocycles. The summed E-state index contributed by atoms with van der Waals surface area (Å²) in [6.45, 7) is 1.59. The Balaban J connectivity index is 1.53. The quantitative estimate of drug-likeness (QED) is 0.448. The first-order valence-electron chi connectivity index (χ1n) is 11.3. The monoisotopic (exact) mass is 504 g/mol. The van der Waals surface area contributed by atoms with Gasteiger partial charge in [-0.05, 0) is 43.4 Å². The predicted molar refractivity (Wildman–Crippen MR) is 124 cm³/mol. The molecule has 0 unspecified atom stereocenters. The van der Waals surface area contributed by atoms with E-state index in [1.807, 2.05) is 25.1 Å². The van der Waals surface area contributed by atoms with Gasteiger partial charge in [-0.2, -0.15) is 13.2 Å². The highest BCUT2D eigenvalue weighted by molar-refractivity contribution is 5.91. The van der Waals surface area contributed by atoms with Crippen molar-refractivity contribution < 1.29 is 31.9 Å². The second-order valence-electron chi connectivity index (χ2n) is 8.67. The summed E-state index contributed by atoms with van der Waals surface area (Å²) in [5, 5.41) is 2.76. The van der Waals surface area contributed by atoms with Gasteiger partial charge in [0, 0.05) is 26.2 Å². The first-order chi connectivity index (χ1) is 17.2. The van der Waals surface area contributed by atoms with Crippen LogP contribution in [0.15, 0.2) is 53.1 Å². The van der Waals surface area contributed by atoms with Crippen LogP contribution >= 0.6 is 0 Å². The summed E-state index contributed by atoms with van der Waals surface area (Å²) in [6, 6.07) is 10.8. The number of fused-ring (bicyclic) bond motifs is 1. The standard InChI is InChI=1S/C25H27F3N4O4/c1-31(2)10-9-29-24(33)20-15-34-23(30-20)14-32(12-17-7-8-21-22(11-17)36-16-35-21)13-18-5-3-4-6-19(18)25(26,27)28/h3-8,11,15H,9-10,12-14,16H2,1-2H3,(H,29,33). The van der Waals surface area contributed by atoms with Gasteiger partial charge in [0.25, 0.3) is 5.91 Å². The molecule has 1 N–H and O–H groups in total. The topological polar surface area (TPSA) is 80.1 Å². The zero-order valence-electron chi connectivity index (χ0n) is 20.0. The molecule has 0 fully saturated rings. The van der Waals surface area contributed by atoms with Crippen LogP contribution in [-0.4, -0.2) is 54.7 Å². The molecule has 36 heavy (non-hydrogen) atoms. The number of hydrogen-bond donors (Lipinski definition) is 1. The number of hydrogen-bond acceptors (Lipinski definition) is 7. The Kier molecular flexibility index (Phi) is 7.80. The molecule has 2 aromatic carbocycles. The van der Waals surface area contributed by atoms with E-state index in [9.17, 15) is 18.0 Å². The molecule has 0 saturated carbocycles. The zero-order valence-corrected chi connectivity index (χ0v) is 20.0. The summed E-state index contributed by atoms with van der Waals surface area (Å²) < 4.78 is 57.1. The van der Waals surface area contributed by atoms with E-state index in [1.165, 1.54) is 18.4 Å². The van der Waals surface area contributed by atoms with Crippen LogP contribution in [0.25, 0.3) is 0 Å². The SMILES string of the molecule is CN(C)CCNC(=O)c1coc(CN(Cc2ccc3c(c2)OCO3)Cc2ccccc2C(F)(F)F)n1. The number of carbonyl (C=O) groups excluding carboxylic acids is 1. The smallest absolute Gasteiger partial charge is 0.416 e. The minimum Gasteiger partial charge on any atom is -0.454 e. The molecular formula is C25H27F3N4O4. The number of likely N-dealkylation sites (N-methyl/N-ethyl adjacent to an activating group) is 1. The maximum Gasteiger partial charge on any atom is 0.416 e. The lowest BCUT2D eigenvalue weighted by Gasteiger charge is -2.23. The molecule has 1 aliphatic rings. The zero-order chi connectivity index (χ0) is 25.7. The Morgan fingerprint density at radius 3 is 2.61 bits per heavy atom. The number of oxazole rings is 1. The molecule has 0 radical (unpaired) electrons. The Morgan fingerprint density at radius 1 is 1.06 bits per heavy atom. The van der Waals surface area contributed by atoms with E-state index in [2.05, 4.69) is 10.3 Å².